The molecular weight excluding hydrogens is 312 g/mol. The van der Waals surface area contributed by atoms with E-state index in [0.29, 0.717) is 30.9 Å². The first kappa shape index (κ1) is 16.4. The number of aryl methyl sites for hydroxylation is 1. The zero-order valence-electron chi connectivity index (χ0n) is 11.5. The minimum Gasteiger partial charge on any atom is -0.328 e. The van der Waals surface area contributed by atoms with Crippen molar-refractivity contribution in [2.45, 2.75) is 36.6 Å². The van der Waals surface area contributed by atoms with Crippen molar-refractivity contribution in [2.24, 2.45) is 11.7 Å². The lowest BCUT2D eigenvalue weighted by Crippen LogP contribution is -2.42. The Bertz CT molecular complexity index is 654. The topological polar surface area (TPSA) is 89.3 Å². The number of benzene rings is 1. The van der Waals surface area contributed by atoms with E-state index in [9.17, 15) is 13.2 Å². The number of carbonyl (C=O) groups excluding carboxylic acids is 1. The highest BCUT2D eigenvalue weighted by molar-refractivity contribution is 7.89. The number of rotatable bonds is 4. The Balaban J connectivity index is 0.00000161. The first-order chi connectivity index (χ1) is 9.45. The summed E-state index contributed by atoms with van der Waals surface area (Å²) < 4.78 is 27.0. The van der Waals surface area contributed by atoms with Gasteiger partial charge < -0.3 is 5.73 Å². The minimum absolute atomic E-state index is 0. The first-order valence-electron chi connectivity index (χ1n) is 6.87. The summed E-state index contributed by atoms with van der Waals surface area (Å²) in [7, 11) is -3.54. The molecule has 0 spiro atoms. The second kappa shape index (κ2) is 6.04. The smallest absolute Gasteiger partial charge is 0.240 e. The van der Waals surface area contributed by atoms with Crippen LogP contribution in [0.4, 0.5) is 0 Å². The van der Waals surface area contributed by atoms with Crippen LogP contribution in [0.1, 0.15) is 35.2 Å². The van der Waals surface area contributed by atoms with Crippen molar-refractivity contribution < 1.29 is 13.2 Å². The average Bonchev–Trinajstić information content (AvgIpc) is 2.75. The molecule has 21 heavy (non-hydrogen) atoms. The summed E-state index contributed by atoms with van der Waals surface area (Å²) in [6.45, 7) is 0.418. The molecule has 1 fully saturated rings. The van der Waals surface area contributed by atoms with Gasteiger partial charge in [0.2, 0.25) is 10.0 Å². The second-order valence-corrected chi connectivity index (χ2v) is 7.46. The van der Waals surface area contributed by atoms with Crippen molar-refractivity contribution in [2.75, 3.05) is 6.54 Å². The number of hydrogen-bond acceptors (Lipinski definition) is 4. The number of sulfonamides is 1. The molecular formula is C14H19ClN2O3S. The van der Waals surface area contributed by atoms with E-state index in [1.54, 1.807) is 12.1 Å². The van der Waals surface area contributed by atoms with E-state index < -0.39 is 10.0 Å². The van der Waals surface area contributed by atoms with Crippen molar-refractivity contribution in [3.05, 3.63) is 29.3 Å². The standard InChI is InChI=1S/C14H18N2O3S.ClH/c15-11-5-9(6-11)8-16-20(18,19)12-3-1-10-2-4-14(17)13(10)7-12;/h1,3,7,9,11,16H,2,4-6,8,15H2;1H. The molecule has 0 unspecified atom stereocenters. The number of carbonyl (C=O) groups is 1. The maximum atomic E-state index is 12.2. The normalized spacial score (nSPS) is 24.1. The lowest BCUT2D eigenvalue weighted by atomic mass is 9.81. The fourth-order valence-electron chi connectivity index (χ4n) is 2.85. The van der Waals surface area contributed by atoms with Crippen LogP contribution in [0, 0.1) is 5.92 Å². The van der Waals surface area contributed by atoms with E-state index in [2.05, 4.69) is 4.72 Å². The van der Waals surface area contributed by atoms with Crippen LogP contribution in [0.5, 0.6) is 0 Å². The van der Waals surface area contributed by atoms with Gasteiger partial charge in [-0.3, -0.25) is 4.79 Å². The van der Waals surface area contributed by atoms with Crippen LogP contribution in [0.2, 0.25) is 0 Å². The maximum Gasteiger partial charge on any atom is 0.240 e. The predicted octanol–water partition coefficient (Wildman–Crippen LogP) is 1.25. The third-order valence-corrected chi connectivity index (χ3v) is 5.57. The number of fused-ring (bicyclic) bond motifs is 1. The van der Waals surface area contributed by atoms with Gasteiger partial charge in [0, 0.05) is 24.6 Å². The van der Waals surface area contributed by atoms with Crippen LogP contribution in [0.3, 0.4) is 0 Å². The third-order valence-electron chi connectivity index (χ3n) is 4.15. The van der Waals surface area contributed by atoms with Crippen LogP contribution in [0.15, 0.2) is 23.1 Å². The molecule has 0 amide bonds. The van der Waals surface area contributed by atoms with Gasteiger partial charge in [-0.2, -0.15) is 0 Å². The Morgan fingerprint density at radius 3 is 2.62 bits per heavy atom. The van der Waals surface area contributed by atoms with Crippen LogP contribution in [0.25, 0.3) is 0 Å². The monoisotopic (exact) mass is 330 g/mol. The molecule has 1 aromatic carbocycles. The minimum atomic E-state index is -3.54. The molecule has 0 bridgehead atoms. The average molecular weight is 331 g/mol. The predicted molar refractivity (Wildman–Crippen MR) is 82.2 cm³/mol. The van der Waals surface area contributed by atoms with Crippen molar-refractivity contribution in [3.63, 3.8) is 0 Å². The van der Waals surface area contributed by atoms with Gasteiger partial charge >= 0.3 is 0 Å². The lowest BCUT2D eigenvalue weighted by Gasteiger charge is -2.32. The molecule has 1 saturated carbocycles. The molecule has 3 rings (SSSR count). The number of nitrogens with two attached hydrogens (primary N) is 1. The number of hydrogen-bond donors (Lipinski definition) is 2. The second-order valence-electron chi connectivity index (χ2n) is 5.69. The summed E-state index contributed by atoms with van der Waals surface area (Å²) in [5, 5.41) is 0. The third kappa shape index (κ3) is 3.29. The number of ketones is 1. The number of halogens is 1. The Labute approximate surface area is 130 Å². The number of nitrogens with one attached hydrogen (secondary N) is 1. The fraction of sp³-hybridized carbons (Fsp3) is 0.500. The Morgan fingerprint density at radius 1 is 1.24 bits per heavy atom. The Morgan fingerprint density at radius 2 is 1.95 bits per heavy atom. The zero-order valence-corrected chi connectivity index (χ0v) is 13.2. The molecule has 0 aromatic heterocycles. The molecule has 7 heteroatoms. The Kier molecular flexibility index (Phi) is 4.72. The lowest BCUT2D eigenvalue weighted by molar-refractivity contribution is 0.0994. The van der Waals surface area contributed by atoms with Crippen molar-refractivity contribution in [1.29, 1.82) is 0 Å². The molecule has 0 heterocycles. The molecule has 2 aliphatic rings. The van der Waals surface area contributed by atoms with Crippen LogP contribution >= 0.6 is 12.4 Å². The maximum absolute atomic E-state index is 12.2. The van der Waals surface area contributed by atoms with Gasteiger partial charge in [-0.1, -0.05) is 6.07 Å². The quantitative estimate of drug-likeness (QED) is 0.869. The van der Waals surface area contributed by atoms with Crippen molar-refractivity contribution in [3.8, 4) is 0 Å². The summed E-state index contributed by atoms with van der Waals surface area (Å²) in [4.78, 5) is 11.8. The summed E-state index contributed by atoms with van der Waals surface area (Å²) in [6.07, 6.45) is 2.92. The van der Waals surface area contributed by atoms with Crippen molar-refractivity contribution in [1.82, 2.24) is 4.72 Å². The van der Waals surface area contributed by atoms with E-state index in [4.69, 9.17) is 5.73 Å². The molecule has 3 N–H and O–H groups in total. The Hall–Kier alpha value is -0.950. The molecule has 2 aliphatic carbocycles. The van der Waals surface area contributed by atoms with Gasteiger partial charge in [-0.15, -0.1) is 12.4 Å². The largest absolute Gasteiger partial charge is 0.328 e. The summed E-state index contributed by atoms with van der Waals surface area (Å²) in [5.74, 6) is 0.359. The summed E-state index contributed by atoms with van der Waals surface area (Å²) >= 11 is 0. The SMILES string of the molecule is Cl.NC1CC(CNS(=O)(=O)c2ccc3c(c2)C(=O)CC3)C1. The molecule has 116 valence electrons. The van der Waals surface area contributed by atoms with Gasteiger partial charge in [0.1, 0.15) is 0 Å². The highest BCUT2D eigenvalue weighted by Crippen LogP contribution is 2.27. The molecule has 0 saturated heterocycles. The van der Waals surface area contributed by atoms with E-state index in [-0.39, 0.29) is 29.1 Å². The van der Waals surface area contributed by atoms with Gasteiger partial charge in [0.25, 0.3) is 0 Å². The van der Waals surface area contributed by atoms with Gasteiger partial charge in [-0.05, 0) is 42.9 Å². The van der Waals surface area contributed by atoms with E-state index in [1.165, 1.54) is 6.07 Å². The fourth-order valence-corrected chi connectivity index (χ4v) is 3.99. The van der Waals surface area contributed by atoms with Crippen LogP contribution in [-0.4, -0.2) is 26.8 Å². The van der Waals surface area contributed by atoms with E-state index in [1.807, 2.05) is 0 Å². The summed E-state index contributed by atoms with van der Waals surface area (Å²) in [6, 6.07) is 5.03. The summed E-state index contributed by atoms with van der Waals surface area (Å²) in [5.41, 5.74) is 7.18. The zero-order chi connectivity index (χ0) is 14.3. The van der Waals surface area contributed by atoms with Crippen molar-refractivity contribution >= 4 is 28.2 Å². The van der Waals surface area contributed by atoms with Gasteiger partial charge in [0.15, 0.2) is 5.78 Å². The van der Waals surface area contributed by atoms with E-state index >= 15 is 0 Å². The number of Topliss-reactive ketones (excluding diaryl/α,β-unsaturated/α-hetero) is 1. The highest BCUT2D eigenvalue weighted by atomic mass is 35.5. The van der Waals surface area contributed by atoms with Gasteiger partial charge in [-0.25, -0.2) is 13.1 Å². The van der Waals surface area contributed by atoms with E-state index in [0.717, 1.165) is 18.4 Å². The molecule has 0 aliphatic heterocycles. The molecule has 5 nitrogen and oxygen atoms in total. The van der Waals surface area contributed by atoms with Crippen LogP contribution < -0.4 is 10.5 Å². The first-order valence-corrected chi connectivity index (χ1v) is 8.35. The highest BCUT2D eigenvalue weighted by Gasteiger charge is 2.28. The molecule has 1 aromatic rings. The molecule has 0 atom stereocenters. The van der Waals surface area contributed by atoms with Gasteiger partial charge in [0.05, 0.1) is 4.90 Å². The molecule has 0 radical (unpaired) electrons. The van der Waals surface area contributed by atoms with Crippen LogP contribution in [-0.2, 0) is 16.4 Å².